The predicted molar refractivity (Wildman–Crippen MR) is 59.3 cm³/mol. The van der Waals surface area contributed by atoms with E-state index in [1.165, 1.54) is 5.01 Å². The molecule has 16 heavy (non-hydrogen) atoms. The summed E-state index contributed by atoms with van der Waals surface area (Å²) in [5, 5.41) is 9.13. The maximum atomic E-state index is 11.1. The molecule has 1 aromatic rings. The Morgan fingerprint density at radius 2 is 2.25 bits per heavy atom. The third-order valence-electron chi connectivity index (χ3n) is 1.79. The normalized spacial score (nSPS) is 10.9. The molecule has 0 aliphatic rings. The van der Waals surface area contributed by atoms with E-state index in [2.05, 4.69) is 20.3 Å². The highest BCUT2D eigenvalue weighted by Crippen LogP contribution is 2.17. The van der Waals surface area contributed by atoms with Crippen molar-refractivity contribution in [2.24, 2.45) is 16.1 Å². The van der Waals surface area contributed by atoms with Crippen molar-refractivity contribution in [3.8, 4) is 0 Å². The van der Waals surface area contributed by atoms with Crippen LogP contribution in [0.2, 0.25) is 0 Å². The Bertz CT molecular complexity index is 395. The number of carbonyl (C=O) groups is 1. The second-order valence-electron chi connectivity index (χ2n) is 3.53. The van der Waals surface area contributed by atoms with Crippen LogP contribution in [-0.4, -0.2) is 35.0 Å². The number of aromatic nitrogens is 2. The van der Waals surface area contributed by atoms with Gasteiger partial charge in [-0.1, -0.05) is 12.1 Å². The van der Waals surface area contributed by atoms with Crippen LogP contribution in [0.5, 0.6) is 0 Å². The van der Waals surface area contributed by atoms with Crippen LogP contribution in [0.15, 0.2) is 10.3 Å². The van der Waals surface area contributed by atoms with Gasteiger partial charge in [-0.15, -0.1) is 5.11 Å². The molecular weight excluding hydrogens is 208 g/mol. The molecule has 88 valence electrons. The van der Waals surface area contributed by atoms with Gasteiger partial charge in [0.05, 0.1) is 0 Å². The number of hydrogen-bond acceptors (Lipinski definition) is 4. The van der Waals surface area contributed by atoms with E-state index < -0.39 is 5.91 Å². The van der Waals surface area contributed by atoms with E-state index in [1.54, 1.807) is 14.1 Å². The largest absolute Gasteiger partial charge is 0.364 e. The van der Waals surface area contributed by atoms with E-state index in [9.17, 15) is 4.79 Å². The fraction of sp³-hybridized carbons (Fsp3) is 0.556. The molecule has 1 amide bonds. The lowest BCUT2D eigenvalue weighted by molar-refractivity contribution is 0.0996. The van der Waals surface area contributed by atoms with Crippen LogP contribution in [-0.2, 0) is 6.42 Å². The molecule has 0 unspecified atom stereocenters. The first-order valence-corrected chi connectivity index (χ1v) is 5.02. The molecule has 0 atom stereocenters. The zero-order chi connectivity index (χ0) is 12.1. The zero-order valence-electron chi connectivity index (χ0n) is 9.69. The van der Waals surface area contributed by atoms with E-state index in [4.69, 9.17) is 5.73 Å². The highest BCUT2D eigenvalue weighted by atomic mass is 16.1. The highest BCUT2D eigenvalue weighted by Gasteiger charge is 2.14. The third-order valence-corrected chi connectivity index (χ3v) is 1.79. The zero-order valence-corrected chi connectivity index (χ0v) is 9.69. The van der Waals surface area contributed by atoms with E-state index in [1.807, 2.05) is 6.92 Å². The van der Waals surface area contributed by atoms with Gasteiger partial charge < -0.3 is 10.7 Å². The van der Waals surface area contributed by atoms with Gasteiger partial charge >= 0.3 is 0 Å². The first-order chi connectivity index (χ1) is 7.54. The van der Waals surface area contributed by atoms with E-state index in [0.29, 0.717) is 5.82 Å². The second-order valence-corrected chi connectivity index (χ2v) is 3.53. The Kier molecular flexibility index (Phi) is 3.98. The second kappa shape index (κ2) is 5.24. The molecule has 0 radical (unpaired) electrons. The van der Waals surface area contributed by atoms with Crippen molar-refractivity contribution >= 4 is 11.7 Å². The van der Waals surface area contributed by atoms with Gasteiger partial charge in [-0.3, -0.25) is 9.80 Å². The number of nitrogens with zero attached hydrogens (tertiary/aromatic N) is 4. The summed E-state index contributed by atoms with van der Waals surface area (Å²) in [6.07, 6.45) is 1.67. The summed E-state index contributed by atoms with van der Waals surface area (Å²) in [5.74, 6) is 0.358. The number of H-pyrrole nitrogens is 1. The summed E-state index contributed by atoms with van der Waals surface area (Å²) in [4.78, 5) is 18.1. The van der Waals surface area contributed by atoms with E-state index >= 15 is 0 Å². The van der Waals surface area contributed by atoms with Crippen molar-refractivity contribution in [2.75, 3.05) is 14.1 Å². The smallest absolute Gasteiger partial charge is 0.269 e. The minimum Gasteiger partial charge on any atom is -0.364 e. The van der Waals surface area contributed by atoms with E-state index in [0.717, 1.165) is 12.8 Å². The number of hydrogen-bond donors (Lipinski definition) is 2. The summed E-state index contributed by atoms with van der Waals surface area (Å²) in [6, 6.07) is 0. The number of nitrogens with two attached hydrogens (primary N) is 1. The van der Waals surface area contributed by atoms with Crippen LogP contribution in [0.25, 0.3) is 0 Å². The van der Waals surface area contributed by atoms with E-state index in [-0.39, 0.29) is 11.5 Å². The topological polar surface area (TPSA) is 99.7 Å². The third kappa shape index (κ3) is 3.04. The number of amides is 1. The molecule has 0 saturated heterocycles. The van der Waals surface area contributed by atoms with Crippen LogP contribution >= 0.6 is 0 Å². The number of aromatic amines is 1. The number of rotatable bonds is 5. The molecular formula is C9H16N6O. The molecule has 0 aliphatic carbocycles. The molecule has 0 spiro atoms. The fourth-order valence-corrected chi connectivity index (χ4v) is 1.14. The maximum absolute atomic E-state index is 11.1. The Hall–Kier alpha value is -1.92. The van der Waals surface area contributed by atoms with Gasteiger partial charge in [0.1, 0.15) is 5.82 Å². The average Bonchev–Trinajstić information content (AvgIpc) is 2.59. The molecule has 1 aromatic heterocycles. The Morgan fingerprint density at radius 3 is 2.75 bits per heavy atom. The van der Waals surface area contributed by atoms with Crippen LogP contribution in [0, 0.1) is 0 Å². The molecule has 0 bridgehead atoms. The van der Waals surface area contributed by atoms with Crippen LogP contribution in [0.4, 0.5) is 5.82 Å². The summed E-state index contributed by atoms with van der Waals surface area (Å²) in [5.41, 5.74) is 5.41. The summed E-state index contributed by atoms with van der Waals surface area (Å²) < 4.78 is 0. The molecule has 3 N–H and O–H groups in total. The lowest BCUT2D eigenvalue weighted by Gasteiger charge is -1.98. The van der Waals surface area contributed by atoms with Crippen LogP contribution in [0.1, 0.15) is 29.7 Å². The number of primary amides is 1. The Morgan fingerprint density at radius 1 is 1.56 bits per heavy atom. The van der Waals surface area contributed by atoms with Gasteiger partial charge in [0.15, 0.2) is 5.69 Å². The van der Waals surface area contributed by atoms with Gasteiger partial charge in [-0.2, -0.15) is 0 Å². The Labute approximate surface area is 93.7 Å². The van der Waals surface area contributed by atoms with Crippen molar-refractivity contribution in [1.82, 2.24) is 15.0 Å². The fourth-order valence-electron chi connectivity index (χ4n) is 1.14. The van der Waals surface area contributed by atoms with Gasteiger partial charge in [-0.05, 0) is 6.42 Å². The molecule has 1 rings (SSSR count). The first-order valence-electron chi connectivity index (χ1n) is 5.02. The monoisotopic (exact) mass is 224 g/mol. The summed E-state index contributed by atoms with van der Waals surface area (Å²) in [7, 11) is 3.46. The number of nitrogens with one attached hydrogen (secondary N) is 1. The van der Waals surface area contributed by atoms with Crippen molar-refractivity contribution < 1.29 is 4.79 Å². The number of imidazole rings is 1. The Balaban J connectivity index is 3.00. The van der Waals surface area contributed by atoms with Crippen molar-refractivity contribution in [1.29, 1.82) is 0 Å². The van der Waals surface area contributed by atoms with Crippen molar-refractivity contribution in [2.45, 2.75) is 19.8 Å². The van der Waals surface area contributed by atoms with Crippen LogP contribution in [0.3, 0.4) is 0 Å². The molecule has 7 heteroatoms. The minimum absolute atomic E-state index is 0.203. The standard InChI is InChI=1S/C9H16N6O/c1-4-5-6-11-7(8(10)16)9(12-6)13-14-15(2)3/h4-5H2,1-3H3,(H2,10,16)(H,11,12). The SMILES string of the molecule is CCCc1nc(N=NN(C)C)c(C(N)=O)[nH]1. The number of aryl methyl sites for hydroxylation is 1. The van der Waals surface area contributed by atoms with Crippen LogP contribution < -0.4 is 5.73 Å². The molecule has 1 heterocycles. The summed E-state index contributed by atoms with van der Waals surface area (Å²) >= 11 is 0. The lowest BCUT2D eigenvalue weighted by atomic mass is 10.3. The molecule has 0 fully saturated rings. The molecule has 0 aromatic carbocycles. The van der Waals surface area contributed by atoms with Gasteiger partial charge in [0.25, 0.3) is 5.91 Å². The molecule has 0 aliphatic heterocycles. The molecule has 7 nitrogen and oxygen atoms in total. The number of carbonyl (C=O) groups excluding carboxylic acids is 1. The minimum atomic E-state index is -0.581. The maximum Gasteiger partial charge on any atom is 0.269 e. The predicted octanol–water partition coefficient (Wildman–Crippen LogP) is 1.02. The van der Waals surface area contributed by atoms with Gasteiger partial charge in [-0.25, -0.2) is 4.98 Å². The lowest BCUT2D eigenvalue weighted by Crippen LogP contribution is -2.11. The van der Waals surface area contributed by atoms with Gasteiger partial charge in [0.2, 0.25) is 5.82 Å². The van der Waals surface area contributed by atoms with Gasteiger partial charge in [0, 0.05) is 20.5 Å². The van der Waals surface area contributed by atoms with Crippen molar-refractivity contribution in [3.05, 3.63) is 11.5 Å². The van der Waals surface area contributed by atoms with Crippen molar-refractivity contribution in [3.63, 3.8) is 0 Å². The highest BCUT2D eigenvalue weighted by molar-refractivity contribution is 5.95. The quantitative estimate of drug-likeness (QED) is 0.576. The molecule has 0 saturated carbocycles. The summed E-state index contributed by atoms with van der Waals surface area (Å²) in [6.45, 7) is 2.02. The first kappa shape index (κ1) is 12.2. The average molecular weight is 224 g/mol.